The monoisotopic (exact) mass is 228 g/mol. The lowest BCUT2D eigenvalue weighted by molar-refractivity contribution is -0.143. The van der Waals surface area contributed by atoms with Crippen LogP contribution in [0.25, 0.3) is 0 Å². The highest BCUT2D eigenvalue weighted by atomic mass is 35.5. The Hall–Kier alpha value is -1.03. The zero-order valence-electron chi connectivity index (χ0n) is 8.53. The third kappa shape index (κ3) is 1.44. The van der Waals surface area contributed by atoms with Gasteiger partial charge in [0.2, 0.25) is 0 Å². The minimum Gasteiger partial charge on any atom is -0.481 e. The summed E-state index contributed by atoms with van der Waals surface area (Å²) in [6.45, 7) is 0. The smallest absolute Gasteiger partial charge is 0.315 e. The summed E-state index contributed by atoms with van der Waals surface area (Å²) in [5, 5.41) is 9.71. The van der Waals surface area contributed by atoms with Gasteiger partial charge in [0.25, 0.3) is 0 Å². The van der Waals surface area contributed by atoms with E-state index in [2.05, 4.69) is 4.98 Å². The summed E-state index contributed by atoms with van der Waals surface area (Å²) < 4.78 is 1.72. The molecule has 0 aliphatic heterocycles. The predicted octanol–water partition coefficient (Wildman–Crippen LogP) is 1.97. The summed E-state index contributed by atoms with van der Waals surface area (Å²) in [7, 11) is 1.79. The molecule has 0 bridgehead atoms. The molecule has 4 nitrogen and oxygen atoms in total. The van der Waals surface area contributed by atoms with Crippen LogP contribution >= 0.6 is 11.6 Å². The van der Waals surface area contributed by atoms with Crippen LogP contribution in [0, 0.1) is 0 Å². The lowest BCUT2D eigenvalue weighted by atomic mass is 9.83. The van der Waals surface area contributed by atoms with Gasteiger partial charge >= 0.3 is 5.97 Å². The van der Waals surface area contributed by atoms with E-state index >= 15 is 0 Å². The highest BCUT2D eigenvalue weighted by Crippen LogP contribution is 2.43. The lowest BCUT2D eigenvalue weighted by Gasteiger charge is -2.24. The van der Waals surface area contributed by atoms with Crippen LogP contribution in [-0.4, -0.2) is 20.6 Å². The number of halogens is 1. The van der Waals surface area contributed by atoms with E-state index in [9.17, 15) is 9.90 Å². The maximum atomic E-state index is 11.4. The molecule has 1 aliphatic rings. The molecule has 1 saturated carbocycles. The highest BCUT2D eigenvalue weighted by molar-refractivity contribution is 6.30. The number of aliphatic carboxylic acids is 1. The summed E-state index contributed by atoms with van der Waals surface area (Å²) in [6, 6.07) is 0. The average molecular weight is 229 g/mol. The summed E-state index contributed by atoms with van der Waals surface area (Å²) >= 11 is 5.96. The molecule has 1 heterocycles. The van der Waals surface area contributed by atoms with Gasteiger partial charge in [-0.3, -0.25) is 4.79 Å². The molecule has 0 unspecified atom stereocenters. The number of hydrogen-bond acceptors (Lipinski definition) is 2. The van der Waals surface area contributed by atoms with E-state index in [4.69, 9.17) is 11.6 Å². The minimum absolute atomic E-state index is 0.321. The molecule has 1 aromatic rings. The molecule has 0 atom stereocenters. The Morgan fingerprint density at radius 1 is 1.60 bits per heavy atom. The maximum absolute atomic E-state index is 11.4. The Labute approximate surface area is 92.9 Å². The molecule has 0 aromatic carbocycles. The van der Waals surface area contributed by atoms with E-state index in [1.807, 2.05) is 0 Å². The Morgan fingerprint density at radius 2 is 2.20 bits per heavy atom. The molecule has 0 amide bonds. The zero-order chi connectivity index (χ0) is 11.1. The van der Waals surface area contributed by atoms with E-state index in [0.717, 1.165) is 12.8 Å². The first-order chi connectivity index (χ1) is 7.08. The van der Waals surface area contributed by atoms with Crippen LogP contribution < -0.4 is 0 Å². The maximum Gasteiger partial charge on any atom is 0.315 e. The molecule has 1 aliphatic carbocycles. The second kappa shape index (κ2) is 3.52. The summed E-state index contributed by atoms with van der Waals surface area (Å²) in [5.41, 5.74) is -0.170. The van der Waals surface area contributed by atoms with Crippen molar-refractivity contribution in [3.8, 4) is 0 Å². The minimum atomic E-state index is -0.817. The molecule has 0 radical (unpaired) electrons. The first-order valence-corrected chi connectivity index (χ1v) is 5.36. The van der Waals surface area contributed by atoms with Crippen LogP contribution in [0.1, 0.15) is 31.4 Å². The van der Waals surface area contributed by atoms with Gasteiger partial charge in [0.15, 0.2) is 5.15 Å². The number of imidazole rings is 1. The van der Waals surface area contributed by atoms with Gasteiger partial charge in [-0.2, -0.15) is 0 Å². The number of aromatic nitrogens is 2. The van der Waals surface area contributed by atoms with E-state index in [0.29, 0.717) is 23.7 Å². The van der Waals surface area contributed by atoms with Crippen molar-refractivity contribution in [2.45, 2.75) is 31.1 Å². The Bertz CT molecular complexity index is 375. The fourth-order valence-electron chi connectivity index (χ4n) is 2.47. The van der Waals surface area contributed by atoms with Gasteiger partial charge in [-0.05, 0) is 12.8 Å². The van der Waals surface area contributed by atoms with E-state index < -0.39 is 11.4 Å². The lowest BCUT2D eigenvalue weighted by Crippen LogP contribution is -2.34. The number of carboxylic acids is 1. The van der Waals surface area contributed by atoms with Crippen molar-refractivity contribution >= 4 is 17.6 Å². The molecule has 1 aromatic heterocycles. The largest absolute Gasteiger partial charge is 0.481 e. The topological polar surface area (TPSA) is 55.1 Å². The van der Waals surface area contributed by atoms with Crippen molar-refractivity contribution in [3.05, 3.63) is 17.2 Å². The standard InChI is InChI=1S/C10H13ClN2O2/c1-13-6-12-8(11)7(13)10(9(14)15)4-2-3-5-10/h6H,2-5H2,1H3,(H,14,15). The SMILES string of the molecule is Cn1cnc(Cl)c1C1(C(=O)O)CCCC1. The molecule has 1 N–H and O–H groups in total. The summed E-state index contributed by atoms with van der Waals surface area (Å²) in [6.07, 6.45) is 4.76. The quantitative estimate of drug-likeness (QED) is 0.842. The highest BCUT2D eigenvalue weighted by Gasteiger charge is 2.46. The van der Waals surface area contributed by atoms with E-state index in [1.165, 1.54) is 0 Å². The van der Waals surface area contributed by atoms with Crippen molar-refractivity contribution in [3.63, 3.8) is 0 Å². The summed E-state index contributed by atoms with van der Waals surface area (Å²) in [4.78, 5) is 15.4. The average Bonchev–Trinajstić information content (AvgIpc) is 2.74. The van der Waals surface area contributed by atoms with Gasteiger partial charge in [0.05, 0.1) is 12.0 Å². The first-order valence-electron chi connectivity index (χ1n) is 4.98. The normalized spacial score (nSPS) is 19.3. The number of nitrogens with zero attached hydrogens (tertiary/aromatic N) is 2. The molecule has 5 heteroatoms. The fourth-order valence-corrected chi connectivity index (χ4v) is 2.83. The van der Waals surface area contributed by atoms with Crippen LogP contribution in [-0.2, 0) is 17.3 Å². The van der Waals surface area contributed by atoms with E-state index in [-0.39, 0.29) is 0 Å². The Balaban J connectivity index is 2.54. The molecular formula is C10H13ClN2O2. The number of hydrogen-bond donors (Lipinski definition) is 1. The van der Waals surface area contributed by atoms with Crippen molar-refractivity contribution in [2.75, 3.05) is 0 Å². The van der Waals surface area contributed by atoms with Gasteiger partial charge < -0.3 is 9.67 Å². The number of carbonyl (C=O) groups is 1. The second-order valence-electron chi connectivity index (χ2n) is 4.09. The van der Waals surface area contributed by atoms with Gasteiger partial charge in [0.1, 0.15) is 5.41 Å². The van der Waals surface area contributed by atoms with Crippen molar-refractivity contribution in [2.24, 2.45) is 7.05 Å². The van der Waals surface area contributed by atoms with Crippen molar-refractivity contribution in [1.82, 2.24) is 9.55 Å². The Morgan fingerprint density at radius 3 is 2.60 bits per heavy atom. The van der Waals surface area contributed by atoms with Crippen LogP contribution in [0.5, 0.6) is 0 Å². The van der Waals surface area contributed by atoms with Gasteiger partial charge in [0, 0.05) is 7.05 Å². The van der Waals surface area contributed by atoms with Crippen LogP contribution in [0.4, 0.5) is 0 Å². The zero-order valence-corrected chi connectivity index (χ0v) is 9.29. The number of carboxylic acid groups (broad SMARTS) is 1. The molecule has 2 rings (SSSR count). The second-order valence-corrected chi connectivity index (χ2v) is 4.45. The molecule has 0 spiro atoms. The predicted molar refractivity (Wildman–Crippen MR) is 56.0 cm³/mol. The van der Waals surface area contributed by atoms with Gasteiger partial charge in [-0.15, -0.1) is 0 Å². The molecule has 1 fully saturated rings. The molecular weight excluding hydrogens is 216 g/mol. The fraction of sp³-hybridized carbons (Fsp3) is 0.600. The summed E-state index contributed by atoms with van der Waals surface area (Å²) in [5.74, 6) is -0.787. The molecule has 0 saturated heterocycles. The van der Waals surface area contributed by atoms with Gasteiger partial charge in [-0.25, -0.2) is 4.98 Å². The van der Waals surface area contributed by atoms with E-state index in [1.54, 1.807) is 17.9 Å². The van der Waals surface area contributed by atoms with Gasteiger partial charge in [-0.1, -0.05) is 24.4 Å². The van der Waals surface area contributed by atoms with Crippen LogP contribution in [0.3, 0.4) is 0 Å². The van der Waals surface area contributed by atoms with Crippen LogP contribution in [0.15, 0.2) is 6.33 Å². The van der Waals surface area contributed by atoms with Crippen molar-refractivity contribution < 1.29 is 9.90 Å². The third-order valence-corrected chi connectivity index (χ3v) is 3.49. The first kappa shape index (κ1) is 10.5. The number of aryl methyl sites for hydroxylation is 1. The van der Waals surface area contributed by atoms with Crippen LogP contribution in [0.2, 0.25) is 5.15 Å². The Kier molecular flexibility index (Phi) is 2.46. The molecule has 82 valence electrons. The third-order valence-electron chi connectivity index (χ3n) is 3.21. The molecule has 15 heavy (non-hydrogen) atoms. The number of rotatable bonds is 2. The van der Waals surface area contributed by atoms with Crippen molar-refractivity contribution in [1.29, 1.82) is 0 Å².